The zero-order valence-electron chi connectivity index (χ0n) is 12.1. The van der Waals surface area contributed by atoms with Crippen LogP contribution in [0.4, 0.5) is 10.3 Å². The summed E-state index contributed by atoms with van der Waals surface area (Å²) in [6.45, 7) is 0. The molecule has 3 rings (SSSR count). The standard InChI is InChI=1S/C12H11FN6O3S/c1-22-8-5-6(13)3-4-7(8)9-15-11-17-12(23(2,20)21)16-10(14)19(11)18-9/h3-5H,1-2H3,(H2,14,15,16,17,18). The summed E-state index contributed by atoms with van der Waals surface area (Å²) in [5.41, 5.74) is 6.10. The van der Waals surface area contributed by atoms with Crippen LogP contribution in [0.1, 0.15) is 0 Å². The summed E-state index contributed by atoms with van der Waals surface area (Å²) in [5, 5.41) is 3.65. The van der Waals surface area contributed by atoms with Crippen LogP contribution in [0, 0.1) is 5.82 Å². The summed E-state index contributed by atoms with van der Waals surface area (Å²) in [7, 11) is -2.27. The van der Waals surface area contributed by atoms with E-state index in [0.29, 0.717) is 5.56 Å². The Morgan fingerprint density at radius 3 is 2.65 bits per heavy atom. The number of nitrogen functional groups attached to an aromatic ring is 1. The molecule has 0 aliphatic rings. The molecular weight excluding hydrogens is 327 g/mol. The monoisotopic (exact) mass is 338 g/mol. The molecule has 23 heavy (non-hydrogen) atoms. The summed E-state index contributed by atoms with van der Waals surface area (Å²) < 4.78 is 42.5. The smallest absolute Gasteiger partial charge is 0.258 e. The molecule has 0 unspecified atom stereocenters. The van der Waals surface area contributed by atoms with Crippen LogP contribution >= 0.6 is 0 Å². The lowest BCUT2D eigenvalue weighted by atomic mass is 10.2. The molecule has 0 aliphatic carbocycles. The molecule has 0 fully saturated rings. The van der Waals surface area contributed by atoms with Crippen molar-refractivity contribution < 1.29 is 17.5 Å². The molecule has 0 amide bonds. The maximum absolute atomic E-state index is 13.3. The fraction of sp³-hybridized carbons (Fsp3) is 0.167. The fourth-order valence-electron chi connectivity index (χ4n) is 1.92. The fourth-order valence-corrected chi connectivity index (χ4v) is 2.42. The number of anilines is 1. The number of hydrogen-bond donors (Lipinski definition) is 1. The molecule has 0 spiro atoms. The van der Waals surface area contributed by atoms with Gasteiger partial charge in [0.05, 0.1) is 12.7 Å². The van der Waals surface area contributed by atoms with Crippen molar-refractivity contribution in [2.75, 3.05) is 19.1 Å². The molecule has 0 aliphatic heterocycles. The molecular formula is C12H11FN6O3S. The Labute approximate surface area is 129 Å². The first-order chi connectivity index (χ1) is 10.8. The summed E-state index contributed by atoms with van der Waals surface area (Å²) in [6, 6.07) is 3.84. The van der Waals surface area contributed by atoms with E-state index in [1.54, 1.807) is 0 Å². The molecule has 9 nitrogen and oxygen atoms in total. The molecule has 120 valence electrons. The van der Waals surface area contributed by atoms with Crippen molar-refractivity contribution in [2.45, 2.75) is 5.16 Å². The molecule has 1 aromatic carbocycles. The van der Waals surface area contributed by atoms with Gasteiger partial charge in [-0.05, 0) is 12.1 Å². The molecule has 0 atom stereocenters. The number of nitrogens with zero attached hydrogens (tertiary/aromatic N) is 5. The molecule has 0 bridgehead atoms. The van der Waals surface area contributed by atoms with E-state index in [2.05, 4.69) is 20.1 Å². The van der Waals surface area contributed by atoms with Crippen molar-refractivity contribution >= 4 is 21.6 Å². The Kier molecular flexibility index (Phi) is 3.36. The van der Waals surface area contributed by atoms with Crippen LogP contribution in [0.5, 0.6) is 5.75 Å². The Bertz CT molecular complexity index is 1020. The minimum atomic E-state index is -3.65. The number of halogens is 1. The maximum Gasteiger partial charge on any atom is 0.258 e. The van der Waals surface area contributed by atoms with Gasteiger partial charge in [-0.2, -0.15) is 19.5 Å². The van der Waals surface area contributed by atoms with Crippen LogP contribution in [0.3, 0.4) is 0 Å². The highest BCUT2D eigenvalue weighted by Crippen LogP contribution is 2.28. The summed E-state index contributed by atoms with van der Waals surface area (Å²) in [6.07, 6.45) is 0.957. The lowest BCUT2D eigenvalue weighted by Gasteiger charge is -2.04. The van der Waals surface area contributed by atoms with Gasteiger partial charge in [-0.3, -0.25) is 0 Å². The minimum Gasteiger partial charge on any atom is -0.496 e. The second-order valence-corrected chi connectivity index (χ2v) is 6.54. The predicted molar refractivity (Wildman–Crippen MR) is 78.0 cm³/mol. The molecule has 11 heteroatoms. The summed E-state index contributed by atoms with van der Waals surface area (Å²) in [4.78, 5) is 11.6. The maximum atomic E-state index is 13.3. The van der Waals surface area contributed by atoms with Gasteiger partial charge in [-0.25, -0.2) is 12.8 Å². The number of rotatable bonds is 3. The number of hydrogen-bond acceptors (Lipinski definition) is 8. The molecule has 3 aromatic rings. The number of aromatic nitrogens is 5. The Balaban J connectivity index is 2.23. The van der Waals surface area contributed by atoms with Crippen molar-refractivity contribution in [3.05, 3.63) is 24.0 Å². The van der Waals surface area contributed by atoms with Crippen LogP contribution in [0.2, 0.25) is 0 Å². The van der Waals surface area contributed by atoms with Crippen molar-refractivity contribution in [1.29, 1.82) is 0 Å². The average Bonchev–Trinajstić information content (AvgIpc) is 2.90. The number of ether oxygens (including phenoxy) is 1. The molecule has 2 aromatic heterocycles. The number of sulfone groups is 1. The van der Waals surface area contributed by atoms with Gasteiger partial charge in [0, 0.05) is 12.3 Å². The van der Waals surface area contributed by atoms with Crippen LogP contribution < -0.4 is 10.5 Å². The van der Waals surface area contributed by atoms with Crippen LogP contribution in [0.25, 0.3) is 17.2 Å². The number of nitrogens with two attached hydrogens (primary N) is 1. The normalized spacial score (nSPS) is 11.8. The van der Waals surface area contributed by atoms with E-state index in [1.165, 1.54) is 25.3 Å². The third-order valence-corrected chi connectivity index (χ3v) is 3.79. The van der Waals surface area contributed by atoms with Crippen molar-refractivity contribution in [3.63, 3.8) is 0 Å². The minimum absolute atomic E-state index is 0.0423. The largest absolute Gasteiger partial charge is 0.496 e. The molecule has 0 saturated carbocycles. The average molecular weight is 338 g/mol. The van der Waals surface area contributed by atoms with Crippen molar-refractivity contribution in [2.24, 2.45) is 0 Å². The van der Waals surface area contributed by atoms with Crippen LogP contribution in [0.15, 0.2) is 23.4 Å². The second-order valence-electron chi connectivity index (χ2n) is 4.63. The van der Waals surface area contributed by atoms with E-state index < -0.39 is 20.8 Å². The van der Waals surface area contributed by atoms with E-state index >= 15 is 0 Å². The van der Waals surface area contributed by atoms with E-state index in [1.807, 2.05) is 0 Å². The summed E-state index contributed by atoms with van der Waals surface area (Å²) in [5.74, 6) is -0.341. The molecule has 2 N–H and O–H groups in total. The number of benzene rings is 1. The van der Waals surface area contributed by atoms with Gasteiger partial charge < -0.3 is 10.5 Å². The van der Waals surface area contributed by atoms with Crippen molar-refractivity contribution in [1.82, 2.24) is 24.6 Å². The quantitative estimate of drug-likeness (QED) is 0.723. The first kappa shape index (κ1) is 15.1. The summed E-state index contributed by atoms with van der Waals surface area (Å²) >= 11 is 0. The van der Waals surface area contributed by atoms with E-state index in [0.717, 1.165) is 10.8 Å². The van der Waals surface area contributed by atoms with E-state index in [4.69, 9.17) is 10.5 Å². The van der Waals surface area contributed by atoms with Gasteiger partial charge in [0.2, 0.25) is 15.8 Å². The molecule has 2 heterocycles. The predicted octanol–water partition coefficient (Wildman–Crippen LogP) is 0.320. The first-order valence-electron chi connectivity index (χ1n) is 6.24. The van der Waals surface area contributed by atoms with Gasteiger partial charge >= 0.3 is 0 Å². The highest BCUT2D eigenvalue weighted by molar-refractivity contribution is 7.90. The lowest BCUT2D eigenvalue weighted by molar-refractivity contribution is 0.412. The Hall–Kier alpha value is -2.82. The lowest BCUT2D eigenvalue weighted by Crippen LogP contribution is -2.11. The first-order valence-corrected chi connectivity index (χ1v) is 8.13. The van der Waals surface area contributed by atoms with Gasteiger partial charge in [0.15, 0.2) is 5.82 Å². The van der Waals surface area contributed by atoms with E-state index in [9.17, 15) is 12.8 Å². The second kappa shape index (κ2) is 5.12. The van der Waals surface area contributed by atoms with Gasteiger partial charge in [-0.1, -0.05) is 0 Å². The van der Waals surface area contributed by atoms with Gasteiger partial charge in [-0.15, -0.1) is 5.10 Å². The highest BCUT2D eigenvalue weighted by atomic mass is 32.2. The number of methoxy groups -OCH3 is 1. The third kappa shape index (κ3) is 2.65. The zero-order chi connectivity index (χ0) is 16.8. The number of fused-ring (bicyclic) bond motifs is 1. The highest BCUT2D eigenvalue weighted by Gasteiger charge is 2.19. The van der Waals surface area contributed by atoms with Crippen molar-refractivity contribution in [3.8, 4) is 17.1 Å². The topological polar surface area (TPSA) is 125 Å². The van der Waals surface area contributed by atoms with E-state index in [-0.39, 0.29) is 23.3 Å². The Morgan fingerprint density at radius 1 is 1.26 bits per heavy atom. The Morgan fingerprint density at radius 2 is 2.00 bits per heavy atom. The SMILES string of the molecule is COc1cc(F)ccc1-c1nc2nc(S(C)(=O)=O)nc(N)n2n1. The zero-order valence-corrected chi connectivity index (χ0v) is 12.9. The third-order valence-electron chi connectivity index (χ3n) is 2.95. The van der Waals surface area contributed by atoms with Crippen LogP contribution in [-0.4, -0.2) is 46.3 Å². The van der Waals surface area contributed by atoms with Gasteiger partial charge in [0.1, 0.15) is 11.6 Å². The van der Waals surface area contributed by atoms with Crippen LogP contribution in [-0.2, 0) is 9.84 Å². The molecule has 0 radical (unpaired) electrons. The van der Waals surface area contributed by atoms with Gasteiger partial charge in [0.25, 0.3) is 10.9 Å². The molecule has 0 saturated heterocycles.